The van der Waals surface area contributed by atoms with Gasteiger partial charge in [0.05, 0.1) is 0 Å². The number of amides is 1. The molecule has 1 aliphatic rings. The predicted molar refractivity (Wildman–Crippen MR) is 85.7 cm³/mol. The molecule has 0 saturated heterocycles. The molecule has 0 aromatic heterocycles. The molecule has 2 aromatic carbocycles. The zero-order chi connectivity index (χ0) is 14.5. The van der Waals surface area contributed by atoms with Gasteiger partial charge in [-0.3, -0.25) is 4.79 Å². The third kappa shape index (κ3) is 3.43. The van der Waals surface area contributed by atoms with Gasteiger partial charge >= 0.3 is 0 Å². The number of fused-ring (bicyclic) bond motifs is 1. The van der Waals surface area contributed by atoms with Gasteiger partial charge in [-0.15, -0.1) is 0 Å². The first kappa shape index (κ1) is 13.7. The second-order valence-corrected chi connectivity index (χ2v) is 5.39. The van der Waals surface area contributed by atoms with Gasteiger partial charge in [-0.1, -0.05) is 30.3 Å². The standard InChI is InChI=1S/C18H20N2O/c21-18(16-8-9-17-15(13-16)10-12-19-17)20-11-4-7-14-5-2-1-3-6-14/h1-3,5-6,8-9,13,19H,4,7,10-12H2,(H,20,21). The molecule has 2 N–H and O–H groups in total. The molecule has 0 spiro atoms. The molecule has 1 aliphatic heterocycles. The minimum atomic E-state index is 0.0257. The fraction of sp³-hybridized carbons (Fsp3) is 0.278. The van der Waals surface area contributed by atoms with Crippen molar-refractivity contribution in [1.82, 2.24) is 5.32 Å². The normalized spacial score (nSPS) is 12.6. The number of rotatable bonds is 5. The molecule has 0 aliphatic carbocycles. The van der Waals surface area contributed by atoms with Crippen LogP contribution in [-0.4, -0.2) is 19.0 Å². The molecule has 1 heterocycles. The minimum absolute atomic E-state index is 0.0257. The second kappa shape index (κ2) is 6.44. The van der Waals surface area contributed by atoms with Crippen LogP contribution in [0.15, 0.2) is 48.5 Å². The molecule has 0 unspecified atom stereocenters. The summed E-state index contributed by atoms with van der Waals surface area (Å²) in [6.45, 7) is 1.68. The van der Waals surface area contributed by atoms with Crippen LogP contribution in [0.25, 0.3) is 0 Å². The van der Waals surface area contributed by atoms with Gasteiger partial charge in [-0.2, -0.15) is 0 Å². The summed E-state index contributed by atoms with van der Waals surface area (Å²) in [5, 5.41) is 6.31. The highest BCUT2D eigenvalue weighted by Crippen LogP contribution is 2.22. The maximum absolute atomic E-state index is 12.1. The lowest BCUT2D eigenvalue weighted by atomic mass is 10.1. The monoisotopic (exact) mass is 280 g/mol. The molecule has 0 radical (unpaired) electrons. The van der Waals surface area contributed by atoms with Crippen LogP contribution in [0.5, 0.6) is 0 Å². The summed E-state index contributed by atoms with van der Waals surface area (Å²) in [5.41, 5.74) is 4.48. The van der Waals surface area contributed by atoms with Crippen LogP contribution in [0.4, 0.5) is 5.69 Å². The number of anilines is 1. The van der Waals surface area contributed by atoms with Crippen molar-refractivity contribution in [2.24, 2.45) is 0 Å². The molecule has 21 heavy (non-hydrogen) atoms. The molecule has 108 valence electrons. The van der Waals surface area contributed by atoms with E-state index >= 15 is 0 Å². The number of benzene rings is 2. The van der Waals surface area contributed by atoms with Crippen molar-refractivity contribution >= 4 is 11.6 Å². The van der Waals surface area contributed by atoms with Crippen molar-refractivity contribution in [2.75, 3.05) is 18.4 Å². The summed E-state index contributed by atoms with van der Waals surface area (Å²) in [6, 6.07) is 16.3. The third-order valence-electron chi connectivity index (χ3n) is 3.85. The number of carbonyl (C=O) groups excluding carboxylic acids is 1. The third-order valence-corrected chi connectivity index (χ3v) is 3.85. The lowest BCUT2D eigenvalue weighted by molar-refractivity contribution is 0.0953. The van der Waals surface area contributed by atoms with E-state index in [2.05, 4.69) is 22.8 Å². The summed E-state index contributed by atoms with van der Waals surface area (Å²) < 4.78 is 0. The Hall–Kier alpha value is -2.29. The molecular weight excluding hydrogens is 260 g/mol. The Bertz CT molecular complexity index is 622. The van der Waals surface area contributed by atoms with Gasteiger partial charge in [0.2, 0.25) is 0 Å². The molecule has 0 saturated carbocycles. The van der Waals surface area contributed by atoms with Gasteiger partial charge in [-0.25, -0.2) is 0 Å². The Morgan fingerprint density at radius 2 is 2.00 bits per heavy atom. The maximum atomic E-state index is 12.1. The lowest BCUT2D eigenvalue weighted by Crippen LogP contribution is -2.24. The summed E-state index contributed by atoms with van der Waals surface area (Å²) in [5.74, 6) is 0.0257. The molecule has 0 bridgehead atoms. The van der Waals surface area contributed by atoms with Gasteiger partial charge in [0, 0.05) is 24.3 Å². The number of hydrogen-bond acceptors (Lipinski definition) is 2. The Morgan fingerprint density at radius 1 is 1.14 bits per heavy atom. The second-order valence-electron chi connectivity index (χ2n) is 5.39. The van der Waals surface area contributed by atoms with Gasteiger partial charge < -0.3 is 10.6 Å². The highest BCUT2D eigenvalue weighted by Gasteiger charge is 2.12. The fourth-order valence-corrected chi connectivity index (χ4v) is 2.69. The first-order valence-electron chi connectivity index (χ1n) is 7.52. The smallest absolute Gasteiger partial charge is 0.251 e. The highest BCUT2D eigenvalue weighted by atomic mass is 16.1. The van der Waals surface area contributed by atoms with Crippen LogP contribution in [0.3, 0.4) is 0 Å². The van der Waals surface area contributed by atoms with Crippen molar-refractivity contribution in [3.63, 3.8) is 0 Å². The maximum Gasteiger partial charge on any atom is 0.251 e. The fourth-order valence-electron chi connectivity index (χ4n) is 2.69. The van der Waals surface area contributed by atoms with Crippen molar-refractivity contribution in [1.29, 1.82) is 0 Å². The van der Waals surface area contributed by atoms with Gasteiger partial charge in [0.15, 0.2) is 0 Å². The summed E-state index contributed by atoms with van der Waals surface area (Å²) in [6.07, 6.45) is 2.96. The number of nitrogens with one attached hydrogen (secondary N) is 2. The average molecular weight is 280 g/mol. The first-order valence-corrected chi connectivity index (χ1v) is 7.52. The van der Waals surface area contributed by atoms with E-state index in [1.807, 2.05) is 36.4 Å². The van der Waals surface area contributed by atoms with E-state index in [4.69, 9.17) is 0 Å². The Kier molecular flexibility index (Phi) is 4.20. The topological polar surface area (TPSA) is 41.1 Å². The Morgan fingerprint density at radius 3 is 2.86 bits per heavy atom. The minimum Gasteiger partial charge on any atom is -0.384 e. The Balaban J connectivity index is 1.48. The van der Waals surface area contributed by atoms with E-state index in [0.717, 1.165) is 37.1 Å². The lowest BCUT2D eigenvalue weighted by Gasteiger charge is -2.07. The van der Waals surface area contributed by atoms with Crippen molar-refractivity contribution in [3.05, 3.63) is 65.2 Å². The van der Waals surface area contributed by atoms with Gasteiger partial charge in [0.25, 0.3) is 5.91 Å². The quantitative estimate of drug-likeness (QED) is 0.827. The van der Waals surface area contributed by atoms with Crippen LogP contribution >= 0.6 is 0 Å². The van der Waals surface area contributed by atoms with Crippen LogP contribution < -0.4 is 10.6 Å². The largest absolute Gasteiger partial charge is 0.384 e. The predicted octanol–water partition coefficient (Wildman–Crippen LogP) is 3.02. The molecule has 0 atom stereocenters. The molecule has 3 nitrogen and oxygen atoms in total. The highest BCUT2D eigenvalue weighted by molar-refractivity contribution is 5.95. The van der Waals surface area contributed by atoms with Crippen molar-refractivity contribution < 1.29 is 4.79 Å². The summed E-state index contributed by atoms with van der Waals surface area (Å²) in [4.78, 5) is 12.1. The molecule has 1 amide bonds. The zero-order valence-electron chi connectivity index (χ0n) is 12.1. The SMILES string of the molecule is O=C(NCCCc1ccccc1)c1ccc2c(c1)CCN2. The molecule has 3 rings (SSSR count). The molecule has 2 aromatic rings. The van der Waals surface area contributed by atoms with Crippen LogP contribution in [-0.2, 0) is 12.8 Å². The van der Waals surface area contributed by atoms with E-state index in [9.17, 15) is 4.79 Å². The van der Waals surface area contributed by atoms with Gasteiger partial charge in [-0.05, 0) is 48.6 Å². The van der Waals surface area contributed by atoms with E-state index in [0.29, 0.717) is 6.54 Å². The Labute approximate surface area is 125 Å². The average Bonchev–Trinajstić information content (AvgIpc) is 3.00. The van der Waals surface area contributed by atoms with E-state index in [1.54, 1.807) is 0 Å². The van der Waals surface area contributed by atoms with Gasteiger partial charge in [0.1, 0.15) is 0 Å². The van der Waals surface area contributed by atoms with Crippen LogP contribution in [0, 0.1) is 0 Å². The van der Waals surface area contributed by atoms with Crippen molar-refractivity contribution in [3.8, 4) is 0 Å². The van der Waals surface area contributed by atoms with E-state index in [-0.39, 0.29) is 5.91 Å². The number of carbonyl (C=O) groups is 1. The summed E-state index contributed by atoms with van der Waals surface area (Å²) >= 11 is 0. The van der Waals surface area contributed by atoms with E-state index in [1.165, 1.54) is 11.1 Å². The number of hydrogen-bond donors (Lipinski definition) is 2. The zero-order valence-corrected chi connectivity index (χ0v) is 12.1. The van der Waals surface area contributed by atoms with Crippen LogP contribution in [0.2, 0.25) is 0 Å². The molecule has 3 heteroatoms. The van der Waals surface area contributed by atoms with E-state index < -0.39 is 0 Å². The molecule has 0 fully saturated rings. The first-order chi connectivity index (χ1) is 10.3. The molecular formula is C18H20N2O. The van der Waals surface area contributed by atoms with Crippen LogP contribution in [0.1, 0.15) is 27.9 Å². The van der Waals surface area contributed by atoms with Crippen molar-refractivity contribution in [2.45, 2.75) is 19.3 Å². The summed E-state index contributed by atoms with van der Waals surface area (Å²) in [7, 11) is 0. The number of aryl methyl sites for hydroxylation is 1.